The molecule has 2 rings (SSSR count). The molecule has 4 nitrogen and oxygen atoms in total. The average molecular weight is 298 g/mol. The smallest absolute Gasteiger partial charge is 0.235 e. The Balaban J connectivity index is 2.28. The molecule has 0 saturated heterocycles. The summed E-state index contributed by atoms with van der Waals surface area (Å²) in [5.41, 5.74) is 0.875. The number of aliphatic imine (C=N–C) groups is 1. The minimum atomic E-state index is 0.294. The van der Waals surface area contributed by atoms with Crippen molar-refractivity contribution >= 4 is 22.0 Å². The highest BCUT2D eigenvalue weighted by atomic mass is 79.9. The minimum Gasteiger partial charge on any atom is -0.493 e. The Kier molecular flexibility index (Phi) is 3.82. The fraction of sp³-hybridized carbons (Fsp3) is 0.417. The zero-order chi connectivity index (χ0) is 12.3. The molecular formula is C12H12BrNO3. The predicted octanol–water partition coefficient (Wildman–Crippen LogP) is 2.83. The fourth-order valence-electron chi connectivity index (χ4n) is 1.46. The monoisotopic (exact) mass is 297 g/mol. The first kappa shape index (κ1) is 12.1. The molecule has 0 heterocycles. The second kappa shape index (κ2) is 5.34. The normalized spacial score (nSPS) is 14.0. The number of ether oxygens (including phenoxy) is 2. The van der Waals surface area contributed by atoms with Gasteiger partial charge in [-0.2, -0.15) is 0 Å². The molecule has 0 unspecified atom stereocenters. The van der Waals surface area contributed by atoms with Gasteiger partial charge in [-0.15, -0.1) is 0 Å². The van der Waals surface area contributed by atoms with E-state index in [0.29, 0.717) is 24.1 Å². The van der Waals surface area contributed by atoms with E-state index >= 15 is 0 Å². The summed E-state index contributed by atoms with van der Waals surface area (Å²) in [5.74, 6) is 1.37. The second-order valence-electron chi connectivity index (χ2n) is 3.83. The standard InChI is InChI=1S/C12H12BrNO3/c1-16-11-5-8(6-14-7-15)4-10(13)12(11)17-9-2-3-9/h4-5,9H,2-3,6H2,1H3. The van der Waals surface area contributed by atoms with Crippen LogP contribution in [0.3, 0.4) is 0 Å². The highest BCUT2D eigenvalue weighted by molar-refractivity contribution is 9.10. The van der Waals surface area contributed by atoms with Gasteiger partial charge in [0.25, 0.3) is 0 Å². The Labute approximate surface area is 108 Å². The number of hydrogen-bond acceptors (Lipinski definition) is 4. The van der Waals surface area contributed by atoms with Crippen molar-refractivity contribution in [1.29, 1.82) is 0 Å². The number of nitrogens with zero attached hydrogens (tertiary/aromatic N) is 1. The fourth-order valence-corrected chi connectivity index (χ4v) is 2.04. The lowest BCUT2D eigenvalue weighted by Crippen LogP contribution is -2.00. The molecule has 1 aliphatic carbocycles. The summed E-state index contributed by atoms with van der Waals surface area (Å²) in [4.78, 5) is 13.6. The number of rotatable bonds is 5. The van der Waals surface area contributed by atoms with Crippen LogP contribution in [0.15, 0.2) is 21.6 Å². The van der Waals surface area contributed by atoms with E-state index < -0.39 is 0 Å². The van der Waals surface area contributed by atoms with Gasteiger partial charge < -0.3 is 9.47 Å². The van der Waals surface area contributed by atoms with Crippen LogP contribution in [-0.4, -0.2) is 19.3 Å². The highest BCUT2D eigenvalue weighted by Crippen LogP contribution is 2.40. The molecule has 1 aliphatic rings. The quantitative estimate of drug-likeness (QED) is 0.620. The number of carbonyl (C=O) groups excluding carboxylic acids is 1. The maximum absolute atomic E-state index is 10.1. The van der Waals surface area contributed by atoms with Gasteiger partial charge in [0, 0.05) is 0 Å². The summed E-state index contributed by atoms with van der Waals surface area (Å²) in [6, 6.07) is 3.70. The van der Waals surface area contributed by atoms with Gasteiger partial charge in [-0.25, -0.2) is 9.79 Å². The van der Waals surface area contributed by atoms with Crippen molar-refractivity contribution < 1.29 is 14.3 Å². The van der Waals surface area contributed by atoms with E-state index in [0.717, 1.165) is 22.9 Å². The molecular weight excluding hydrogens is 286 g/mol. The number of methoxy groups -OCH3 is 1. The van der Waals surface area contributed by atoms with Gasteiger partial charge in [0.1, 0.15) is 0 Å². The van der Waals surface area contributed by atoms with E-state index in [-0.39, 0.29) is 0 Å². The summed E-state index contributed by atoms with van der Waals surface area (Å²) in [7, 11) is 1.59. The first-order valence-corrected chi connectivity index (χ1v) is 6.10. The van der Waals surface area contributed by atoms with Crippen molar-refractivity contribution in [3.8, 4) is 11.5 Å². The van der Waals surface area contributed by atoms with Crippen LogP contribution in [0.4, 0.5) is 0 Å². The molecule has 0 radical (unpaired) electrons. The van der Waals surface area contributed by atoms with E-state index in [4.69, 9.17) is 9.47 Å². The lowest BCUT2D eigenvalue weighted by Gasteiger charge is -2.13. The van der Waals surface area contributed by atoms with E-state index in [1.54, 1.807) is 7.11 Å². The van der Waals surface area contributed by atoms with Crippen LogP contribution in [0.5, 0.6) is 11.5 Å². The van der Waals surface area contributed by atoms with Crippen molar-refractivity contribution in [3.05, 3.63) is 22.2 Å². The van der Waals surface area contributed by atoms with Crippen LogP contribution in [0, 0.1) is 0 Å². The minimum absolute atomic E-state index is 0.294. The van der Waals surface area contributed by atoms with Crippen LogP contribution in [0.1, 0.15) is 18.4 Å². The maximum Gasteiger partial charge on any atom is 0.235 e. The van der Waals surface area contributed by atoms with Gasteiger partial charge in [-0.05, 0) is 46.5 Å². The third-order valence-electron chi connectivity index (χ3n) is 2.42. The Morgan fingerprint density at radius 1 is 1.53 bits per heavy atom. The lowest BCUT2D eigenvalue weighted by atomic mass is 10.2. The van der Waals surface area contributed by atoms with Crippen molar-refractivity contribution in [1.82, 2.24) is 0 Å². The SMILES string of the molecule is COc1cc(CN=C=O)cc(Br)c1OC1CC1. The molecule has 1 saturated carbocycles. The summed E-state index contributed by atoms with van der Waals surface area (Å²) in [5, 5.41) is 0. The summed E-state index contributed by atoms with van der Waals surface area (Å²) in [6.45, 7) is 0.294. The molecule has 5 heteroatoms. The van der Waals surface area contributed by atoms with Crippen molar-refractivity contribution in [2.45, 2.75) is 25.5 Å². The Morgan fingerprint density at radius 3 is 2.88 bits per heavy atom. The Bertz CT molecular complexity index is 465. The number of benzene rings is 1. The molecule has 0 atom stereocenters. The summed E-state index contributed by atoms with van der Waals surface area (Å²) >= 11 is 3.44. The van der Waals surface area contributed by atoms with E-state index in [9.17, 15) is 4.79 Å². The molecule has 0 aromatic heterocycles. The highest BCUT2D eigenvalue weighted by Gasteiger charge is 2.26. The number of isocyanates is 1. The Hall–Kier alpha value is -1.32. The van der Waals surface area contributed by atoms with Gasteiger partial charge >= 0.3 is 0 Å². The molecule has 17 heavy (non-hydrogen) atoms. The lowest BCUT2D eigenvalue weighted by molar-refractivity contribution is 0.280. The zero-order valence-corrected chi connectivity index (χ0v) is 11.0. The van der Waals surface area contributed by atoms with Gasteiger partial charge in [0.15, 0.2) is 11.5 Å². The van der Waals surface area contributed by atoms with Crippen molar-refractivity contribution in [2.75, 3.05) is 7.11 Å². The zero-order valence-electron chi connectivity index (χ0n) is 9.40. The van der Waals surface area contributed by atoms with Crippen LogP contribution < -0.4 is 9.47 Å². The molecule has 1 fully saturated rings. The van der Waals surface area contributed by atoms with Gasteiger partial charge in [0.05, 0.1) is 24.2 Å². The molecule has 0 bridgehead atoms. The Morgan fingerprint density at radius 2 is 2.29 bits per heavy atom. The average Bonchev–Trinajstić information content (AvgIpc) is 3.13. The second-order valence-corrected chi connectivity index (χ2v) is 4.69. The third kappa shape index (κ3) is 3.08. The van der Waals surface area contributed by atoms with Gasteiger partial charge in [-0.1, -0.05) is 0 Å². The molecule has 0 spiro atoms. The van der Waals surface area contributed by atoms with E-state index in [1.165, 1.54) is 6.08 Å². The van der Waals surface area contributed by atoms with Crippen LogP contribution in [0.2, 0.25) is 0 Å². The predicted molar refractivity (Wildman–Crippen MR) is 66.2 cm³/mol. The van der Waals surface area contributed by atoms with E-state index in [1.807, 2.05) is 12.1 Å². The maximum atomic E-state index is 10.1. The van der Waals surface area contributed by atoms with Gasteiger partial charge in [0.2, 0.25) is 6.08 Å². The molecule has 1 aromatic rings. The topological polar surface area (TPSA) is 47.9 Å². The molecule has 0 N–H and O–H groups in total. The molecule has 1 aromatic carbocycles. The van der Waals surface area contributed by atoms with E-state index in [2.05, 4.69) is 20.9 Å². The van der Waals surface area contributed by atoms with Crippen LogP contribution in [0.25, 0.3) is 0 Å². The molecule has 90 valence electrons. The third-order valence-corrected chi connectivity index (χ3v) is 3.01. The van der Waals surface area contributed by atoms with Gasteiger partial charge in [-0.3, -0.25) is 0 Å². The molecule has 0 amide bonds. The summed E-state index contributed by atoms with van der Waals surface area (Å²) in [6.07, 6.45) is 4.00. The van der Waals surface area contributed by atoms with Crippen LogP contribution >= 0.6 is 15.9 Å². The van der Waals surface area contributed by atoms with Crippen molar-refractivity contribution in [2.24, 2.45) is 4.99 Å². The van der Waals surface area contributed by atoms with Crippen LogP contribution in [-0.2, 0) is 11.3 Å². The largest absolute Gasteiger partial charge is 0.493 e. The number of halogens is 1. The summed E-state index contributed by atoms with van der Waals surface area (Å²) < 4.78 is 11.9. The first-order valence-electron chi connectivity index (χ1n) is 5.31. The van der Waals surface area contributed by atoms with Crippen molar-refractivity contribution in [3.63, 3.8) is 0 Å². The first-order chi connectivity index (χ1) is 8.24. The molecule has 0 aliphatic heterocycles. The number of hydrogen-bond donors (Lipinski definition) is 0.